The Morgan fingerprint density at radius 2 is 1.92 bits per heavy atom. The first kappa shape index (κ1) is 18.3. The third-order valence-corrected chi connectivity index (χ3v) is 4.75. The second-order valence-electron chi connectivity index (χ2n) is 6.58. The zero-order chi connectivity index (χ0) is 18.4. The van der Waals surface area contributed by atoms with Crippen molar-refractivity contribution in [2.45, 2.75) is 38.5 Å². The van der Waals surface area contributed by atoms with E-state index in [-0.39, 0.29) is 0 Å². The van der Waals surface area contributed by atoms with Gasteiger partial charge in [-0.15, -0.1) is 0 Å². The fourth-order valence-electron chi connectivity index (χ4n) is 3.36. The lowest BCUT2D eigenvalue weighted by molar-refractivity contribution is -0.144. The number of hydrogen-bond donors (Lipinski definition) is 1. The highest BCUT2D eigenvalue weighted by Gasteiger charge is 2.28. The Bertz CT molecular complexity index is 732. The maximum atomic E-state index is 11.5. The second kappa shape index (κ2) is 8.72. The lowest BCUT2D eigenvalue weighted by Crippen LogP contribution is -2.43. The van der Waals surface area contributed by atoms with E-state index in [1.165, 1.54) is 0 Å². The van der Waals surface area contributed by atoms with Crippen LogP contribution in [-0.4, -0.2) is 35.7 Å². The molecular formula is C21H25NO4. The predicted molar refractivity (Wildman–Crippen MR) is 99.5 cm³/mol. The number of aliphatic carboxylic acids is 1. The Morgan fingerprint density at radius 3 is 2.65 bits per heavy atom. The molecule has 0 radical (unpaired) electrons. The van der Waals surface area contributed by atoms with Gasteiger partial charge in [-0.05, 0) is 42.6 Å². The SMILES string of the molecule is COc1cc(CN2CCCCC2C(=O)O)ccc1OCc1ccccc1. The van der Waals surface area contributed by atoms with E-state index in [4.69, 9.17) is 9.47 Å². The Hall–Kier alpha value is -2.53. The smallest absolute Gasteiger partial charge is 0.320 e. The van der Waals surface area contributed by atoms with Crippen LogP contribution in [0.2, 0.25) is 0 Å². The number of ether oxygens (including phenoxy) is 2. The number of methoxy groups -OCH3 is 1. The number of rotatable bonds is 7. The van der Waals surface area contributed by atoms with Crippen molar-refractivity contribution in [1.29, 1.82) is 0 Å². The maximum absolute atomic E-state index is 11.5. The number of hydrogen-bond acceptors (Lipinski definition) is 4. The minimum absolute atomic E-state index is 0.399. The van der Waals surface area contributed by atoms with Crippen molar-refractivity contribution in [3.63, 3.8) is 0 Å². The van der Waals surface area contributed by atoms with Gasteiger partial charge in [-0.1, -0.05) is 42.8 Å². The van der Waals surface area contributed by atoms with Gasteiger partial charge < -0.3 is 14.6 Å². The third kappa shape index (κ3) is 4.55. The molecule has 1 aliphatic heterocycles. The topological polar surface area (TPSA) is 59.0 Å². The summed E-state index contributed by atoms with van der Waals surface area (Å²) < 4.78 is 11.4. The van der Waals surface area contributed by atoms with Gasteiger partial charge in [-0.25, -0.2) is 0 Å². The van der Waals surface area contributed by atoms with Crippen LogP contribution in [0.1, 0.15) is 30.4 Å². The molecule has 1 unspecified atom stereocenters. The van der Waals surface area contributed by atoms with Gasteiger partial charge in [0, 0.05) is 6.54 Å². The largest absolute Gasteiger partial charge is 0.493 e. The van der Waals surface area contributed by atoms with Crippen LogP contribution in [0.3, 0.4) is 0 Å². The third-order valence-electron chi connectivity index (χ3n) is 4.75. The molecule has 2 aromatic carbocycles. The lowest BCUT2D eigenvalue weighted by atomic mass is 10.0. The molecule has 5 heteroatoms. The van der Waals surface area contributed by atoms with Gasteiger partial charge in [-0.2, -0.15) is 0 Å². The lowest BCUT2D eigenvalue weighted by Gasteiger charge is -2.32. The fraction of sp³-hybridized carbons (Fsp3) is 0.381. The van der Waals surface area contributed by atoms with E-state index in [1.54, 1.807) is 7.11 Å². The zero-order valence-electron chi connectivity index (χ0n) is 15.1. The van der Waals surface area contributed by atoms with Crippen molar-refractivity contribution in [2.75, 3.05) is 13.7 Å². The second-order valence-corrected chi connectivity index (χ2v) is 6.58. The molecule has 1 aliphatic rings. The Balaban J connectivity index is 1.68. The summed E-state index contributed by atoms with van der Waals surface area (Å²) in [6, 6.07) is 15.4. The van der Waals surface area contributed by atoms with Crippen molar-refractivity contribution >= 4 is 5.97 Å². The van der Waals surface area contributed by atoms with Crippen molar-refractivity contribution in [2.24, 2.45) is 0 Å². The first-order chi connectivity index (χ1) is 12.7. The highest BCUT2D eigenvalue weighted by atomic mass is 16.5. The molecule has 0 bridgehead atoms. The number of carboxylic acid groups (broad SMARTS) is 1. The minimum Gasteiger partial charge on any atom is -0.493 e. The van der Waals surface area contributed by atoms with Crippen LogP contribution >= 0.6 is 0 Å². The minimum atomic E-state index is -0.737. The molecule has 5 nitrogen and oxygen atoms in total. The van der Waals surface area contributed by atoms with E-state index in [1.807, 2.05) is 53.4 Å². The molecule has 0 amide bonds. The van der Waals surface area contributed by atoms with E-state index < -0.39 is 12.0 Å². The Labute approximate surface area is 154 Å². The molecule has 26 heavy (non-hydrogen) atoms. The molecule has 1 heterocycles. The summed E-state index contributed by atoms with van der Waals surface area (Å²) in [5.41, 5.74) is 2.12. The summed E-state index contributed by atoms with van der Waals surface area (Å²) in [5.74, 6) is 0.621. The highest BCUT2D eigenvalue weighted by Crippen LogP contribution is 2.30. The molecular weight excluding hydrogens is 330 g/mol. The molecule has 0 saturated carbocycles. The van der Waals surface area contributed by atoms with E-state index >= 15 is 0 Å². The molecule has 0 aromatic heterocycles. The van der Waals surface area contributed by atoms with Crippen LogP contribution in [0.5, 0.6) is 11.5 Å². The fourth-order valence-corrected chi connectivity index (χ4v) is 3.36. The molecule has 1 N–H and O–H groups in total. The first-order valence-electron chi connectivity index (χ1n) is 8.98. The van der Waals surface area contributed by atoms with Gasteiger partial charge in [0.1, 0.15) is 12.6 Å². The van der Waals surface area contributed by atoms with Crippen LogP contribution in [0.25, 0.3) is 0 Å². The highest BCUT2D eigenvalue weighted by molar-refractivity contribution is 5.73. The van der Waals surface area contributed by atoms with Gasteiger partial charge in [0.05, 0.1) is 7.11 Å². The maximum Gasteiger partial charge on any atom is 0.320 e. The Morgan fingerprint density at radius 1 is 1.12 bits per heavy atom. The van der Waals surface area contributed by atoms with Gasteiger partial charge in [0.2, 0.25) is 0 Å². The van der Waals surface area contributed by atoms with E-state index in [2.05, 4.69) is 0 Å². The summed E-state index contributed by atoms with van der Waals surface area (Å²) in [5, 5.41) is 9.42. The van der Waals surface area contributed by atoms with Crippen molar-refractivity contribution in [3.8, 4) is 11.5 Å². The number of carbonyl (C=O) groups is 1. The summed E-state index contributed by atoms with van der Waals surface area (Å²) in [6.45, 7) is 1.89. The standard InChI is InChI=1S/C21H25NO4/c1-25-20-13-17(14-22-12-6-5-9-18(22)21(23)24)10-11-19(20)26-15-16-7-3-2-4-8-16/h2-4,7-8,10-11,13,18H,5-6,9,12,14-15H2,1H3,(H,23,24). The molecule has 1 fully saturated rings. The van der Waals surface area contributed by atoms with Crippen LogP contribution in [-0.2, 0) is 17.9 Å². The quantitative estimate of drug-likeness (QED) is 0.820. The van der Waals surface area contributed by atoms with Crippen molar-refractivity contribution < 1.29 is 19.4 Å². The van der Waals surface area contributed by atoms with Gasteiger partial charge in [-0.3, -0.25) is 9.69 Å². The van der Waals surface area contributed by atoms with E-state index in [0.29, 0.717) is 31.1 Å². The van der Waals surface area contributed by atoms with Gasteiger partial charge >= 0.3 is 5.97 Å². The summed E-state index contributed by atoms with van der Waals surface area (Å²) >= 11 is 0. The van der Waals surface area contributed by atoms with Gasteiger partial charge in [0.25, 0.3) is 0 Å². The molecule has 0 aliphatic carbocycles. The molecule has 138 valence electrons. The monoisotopic (exact) mass is 355 g/mol. The number of benzene rings is 2. The van der Waals surface area contributed by atoms with Crippen LogP contribution < -0.4 is 9.47 Å². The molecule has 3 rings (SSSR count). The normalized spacial score (nSPS) is 17.7. The van der Waals surface area contributed by atoms with Crippen molar-refractivity contribution in [1.82, 2.24) is 4.90 Å². The number of nitrogens with zero attached hydrogens (tertiary/aromatic N) is 1. The van der Waals surface area contributed by atoms with Crippen LogP contribution in [0, 0.1) is 0 Å². The molecule has 1 atom stereocenters. The number of carboxylic acids is 1. The number of piperidine rings is 1. The summed E-state index contributed by atoms with van der Waals surface area (Å²) in [6.07, 6.45) is 2.73. The van der Waals surface area contributed by atoms with Crippen molar-refractivity contribution in [3.05, 3.63) is 59.7 Å². The number of likely N-dealkylation sites (tertiary alicyclic amines) is 1. The average Bonchev–Trinajstić information content (AvgIpc) is 2.68. The van der Waals surface area contributed by atoms with Crippen LogP contribution in [0.4, 0.5) is 0 Å². The zero-order valence-corrected chi connectivity index (χ0v) is 15.1. The summed E-state index contributed by atoms with van der Waals surface area (Å²) in [4.78, 5) is 13.5. The predicted octanol–water partition coefficient (Wildman–Crippen LogP) is 3.71. The van der Waals surface area contributed by atoms with Crippen LogP contribution in [0.15, 0.2) is 48.5 Å². The average molecular weight is 355 g/mol. The van der Waals surface area contributed by atoms with E-state index in [9.17, 15) is 9.90 Å². The Kier molecular flexibility index (Phi) is 6.12. The molecule has 1 saturated heterocycles. The molecule has 2 aromatic rings. The first-order valence-corrected chi connectivity index (χ1v) is 8.98. The van der Waals surface area contributed by atoms with E-state index in [0.717, 1.165) is 30.5 Å². The molecule has 0 spiro atoms. The van der Waals surface area contributed by atoms with Gasteiger partial charge in [0.15, 0.2) is 11.5 Å². The summed E-state index contributed by atoms with van der Waals surface area (Å²) in [7, 11) is 1.62.